The summed E-state index contributed by atoms with van der Waals surface area (Å²) in [4.78, 5) is 0. The van der Waals surface area contributed by atoms with Crippen molar-refractivity contribution in [2.75, 3.05) is 6.61 Å². The van der Waals surface area contributed by atoms with Crippen molar-refractivity contribution >= 4 is 0 Å². The molecule has 0 aromatic heterocycles. The normalized spacial score (nSPS) is 18.0. The lowest BCUT2D eigenvalue weighted by molar-refractivity contribution is 0.314. The van der Waals surface area contributed by atoms with Crippen molar-refractivity contribution in [2.24, 2.45) is 5.92 Å². The maximum absolute atomic E-state index is 14.8. The van der Waals surface area contributed by atoms with Gasteiger partial charge in [-0.05, 0) is 92.2 Å². The number of halogens is 3. The molecule has 0 atom stereocenters. The Labute approximate surface area is 200 Å². The van der Waals surface area contributed by atoms with E-state index in [0.717, 1.165) is 12.0 Å². The first-order chi connectivity index (χ1) is 16.5. The highest BCUT2D eigenvalue weighted by atomic mass is 19.2. The standard InChI is InChI=1S/C30H31F3O/c1-3-20-7-12-23(13-8-20)24-14-9-21(10-15-24)5-6-22-11-16-25(27(31)19-22)26-17-18-28(34-4-2)30(33)29(26)32/h3,9-11,14-20,23H,1,4-8,12-13H2,2H3. The number of hydrogen-bond acceptors (Lipinski definition) is 1. The van der Waals surface area contributed by atoms with Crippen LogP contribution in [0.2, 0.25) is 0 Å². The molecule has 3 aromatic rings. The number of ether oxygens (including phenoxy) is 1. The van der Waals surface area contributed by atoms with Gasteiger partial charge in [0.05, 0.1) is 6.61 Å². The summed E-state index contributed by atoms with van der Waals surface area (Å²) in [5.74, 6) is -1.65. The molecule has 0 saturated heterocycles. The number of benzene rings is 3. The average Bonchev–Trinajstić information content (AvgIpc) is 2.87. The summed E-state index contributed by atoms with van der Waals surface area (Å²) in [5, 5.41) is 0. The Bertz CT molecular complexity index is 1130. The summed E-state index contributed by atoms with van der Waals surface area (Å²) in [6, 6.07) is 16.2. The van der Waals surface area contributed by atoms with Crippen molar-refractivity contribution in [3.05, 3.63) is 101 Å². The summed E-state index contributed by atoms with van der Waals surface area (Å²) in [5.41, 5.74) is 3.35. The topological polar surface area (TPSA) is 9.23 Å². The molecule has 1 saturated carbocycles. The first-order valence-corrected chi connectivity index (χ1v) is 12.1. The van der Waals surface area contributed by atoms with Crippen LogP contribution in [0, 0.1) is 23.4 Å². The fourth-order valence-electron chi connectivity index (χ4n) is 4.87. The van der Waals surface area contributed by atoms with Crippen molar-refractivity contribution in [1.82, 2.24) is 0 Å². The summed E-state index contributed by atoms with van der Waals surface area (Å²) in [6.07, 6.45) is 8.38. The lowest BCUT2D eigenvalue weighted by atomic mass is 9.78. The molecule has 0 aliphatic heterocycles. The molecular formula is C30H31F3O. The van der Waals surface area contributed by atoms with Crippen LogP contribution in [0.4, 0.5) is 13.2 Å². The van der Waals surface area contributed by atoms with E-state index in [-0.39, 0.29) is 23.5 Å². The first kappa shape index (κ1) is 24.1. The Morgan fingerprint density at radius 1 is 0.824 bits per heavy atom. The van der Waals surface area contributed by atoms with Crippen molar-refractivity contribution < 1.29 is 17.9 Å². The van der Waals surface area contributed by atoms with E-state index in [9.17, 15) is 13.2 Å². The number of hydrogen-bond donors (Lipinski definition) is 0. The molecule has 3 aromatic carbocycles. The lowest BCUT2D eigenvalue weighted by Gasteiger charge is -2.27. The van der Waals surface area contributed by atoms with Gasteiger partial charge in [-0.25, -0.2) is 8.78 Å². The third-order valence-electron chi connectivity index (χ3n) is 6.93. The highest BCUT2D eigenvalue weighted by Crippen LogP contribution is 2.36. The van der Waals surface area contributed by atoms with E-state index in [4.69, 9.17) is 4.74 Å². The van der Waals surface area contributed by atoms with Crippen LogP contribution in [-0.2, 0) is 12.8 Å². The average molecular weight is 465 g/mol. The van der Waals surface area contributed by atoms with Gasteiger partial charge in [-0.3, -0.25) is 0 Å². The third kappa shape index (κ3) is 5.38. The monoisotopic (exact) mass is 464 g/mol. The van der Waals surface area contributed by atoms with Crippen molar-refractivity contribution in [1.29, 1.82) is 0 Å². The van der Waals surface area contributed by atoms with E-state index in [1.165, 1.54) is 61.1 Å². The molecule has 1 fully saturated rings. The second-order valence-corrected chi connectivity index (χ2v) is 9.08. The summed E-state index contributed by atoms with van der Waals surface area (Å²) >= 11 is 0. The van der Waals surface area contributed by atoms with Crippen LogP contribution < -0.4 is 4.74 Å². The van der Waals surface area contributed by atoms with Gasteiger partial charge in [0.25, 0.3) is 0 Å². The second kappa shape index (κ2) is 10.9. The van der Waals surface area contributed by atoms with E-state index in [1.807, 2.05) is 0 Å². The number of rotatable bonds is 8. The fraction of sp³-hybridized carbons (Fsp3) is 0.333. The molecule has 178 valence electrons. The zero-order chi connectivity index (χ0) is 24.1. The molecule has 1 aliphatic rings. The highest BCUT2D eigenvalue weighted by molar-refractivity contribution is 5.66. The van der Waals surface area contributed by atoms with Crippen LogP contribution in [0.15, 0.2) is 67.3 Å². The molecule has 4 heteroatoms. The van der Waals surface area contributed by atoms with Gasteiger partial charge in [0.2, 0.25) is 5.82 Å². The van der Waals surface area contributed by atoms with Gasteiger partial charge < -0.3 is 4.74 Å². The zero-order valence-corrected chi connectivity index (χ0v) is 19.6. The molecular weight excluding hydrogens is 433 g/mol. The van der Waals surface area contributed by atoms with Gasteiger partial charge in [0.1, 0.15) is 5.82 Å². The third-order valence-corrected chi connectivity index (χ3v) is 6.93. The fourth-order valence-corrected chi connectivity index (χ4v) is 4.87. The lowest BCUT2D eigenvalue weighted by Crippen LogP contribution is -2.11. The highest BCUT2D eigenvalue weighted by Gasteiger charge is 2.21. The predicted octanol–water partition coefficient (Wildman–Crippen LogP) is 8.41. The van der Waals surface area contributed by atoms with Gasteiger partial charge in [-0.1, -0.05) is 42.5 Å². The maximum atomic E-state index is 14.8. The molecule has 0 bridgehead atoms. The van der Waals surface area contributed by atoms with Crippen LogP contribution in [0.25, 0.3) is 11.1 Å². The van der Waals surface area contributed by atoms with E-state index >= 15 is 0 Å². The quantitative estimate of drug-likeness (QED) is 0.304. The maximum Gasteiger partial charge on any atom is 0.201 e. The Kier molecular flexibility index (Phi) is 7.77. The van der Waals surface area contributed by atoms with Gasteiger partial charge in [0.15, 0.2) is 11.6 Å². The SMILES string of the molecule is C=CC1CCC(c2ccc(CCc3ccc(-c4ccc(OCC)c(F)c4F)c(F)c3)cc2)CC1. The van der Waals surface area contributed by atoms with Crippen LogP contribution in [0.5, 0.6) is 5.75 Å². The molecule has 0 N–H and O–H groups in total. The molecule has 0 radical (unpaired) electrons. The van der Waals surface area contributed by atoms with E-state index in [0.29, 0.717) is 18.3 Å². The smallest absolute Gasteiger partial charge is 0.201 e. The molecule has 1 nitrogen and oxygen atoms in total. The van der Waals surface area contributed by atoms with Crippen LogP contribution in [-0.4, -0.2) is 6.61 Å². The predicted molar refractivity (Wildman–Crippen MR) is 132 cm³/mol. The van der Waals surface area contributed by atoms with Crippen molar-refractivity contribution in [3.63, 3.8) is 0 Å². The molecule has 0 amide bonds. The summed E-state index contributed by atoms with van der Waals surface area (Å²) < 4.78 is 48.6. The molecule has 34 heavy (non-hydrogen) atoms. The zero-order valence-electron chi connectivity index (χ0n) is 19.6. The van der Waals surface area contributed by atoms with Gasteiger partial charge in [-0.2, -0.15) is 4.39 Å². The van der Waals surface area contributed by atoms with Gasteiger partial charge in [0, 0.05) is 11.1 Å². The Morgan fingerprint density at radius 3 is 2.12 bits per heavy atom. The Balaban J connectivity index is 1.40. The van der Waals surface area contributed by atoms with E-state index < -0.39 is 17.5 Å². The van der Waals surface area contributed by atoms with Crippen LogP contribution in [0.3, 0.4) is 0 Å². The summed E-state index contributed by atoms with van der Waals surface area (Å²) in [7, 11) is 0. The molecule has 1 aliphatic carbocycles. The Morgan fingerprint density at radius 2 is 1.47 bits per heavy atom. The van der Waals surface area contributed by atoms with Crippen molar-refractivity contribution in [3.8, 4) is 16.9 Å². The molecule has 0 unspecified atom stereocenters. The van der Waals surface area contributed by atoms with Gasteiger partial charge >= 0.3 is 0 Å². The van der Waals surface area contributed by atoms with Crippen LogP contribution >= 0.6 is 0 Å². The molecule has 4 rings (SSSR count). The van der Waals surface area contributed by atoms with E-state index in [1.54, 1.807) is 13.0 Å². The Hall–Kier alpha value is -3.01. The minimum atomic E-state index is -1.10. The molecule has 0 spiro atoms. The summed E-state index contributed by atoms with van der Waals surface area (Å²) in [6.45, 7) is 5.83. The first-order valence-electron chi connectivity index (χ1n) is 12.1. The van der Waals surface area contributed by atoms with Crippen LogP contribution in [0.1, 0.15) is 55.2 Å². The minimum Gasteiger partial charge on any atom is -0.491 e. The van der Waals surface area contributed by atoms with E-state index in [2.05, 4.69) is 36.9 Å². The largest absolute Gasteiger partial charge is 0.491 e. The van der Waals surface area contributed by atoms with Gasteiger partial charge in [-0.15, -0.1) is 6.58 Å². The number of allylic oxidation sites excluding steroid dienone is 1. The molecule has 0 heterocycles. The van der Waals surface area contributed by atoms with Crippen molar-refractivity contribution in [2.45, 2.75) is 51.4 Å². The number of aryl methyl sites for hydroxylation is 2. The second-order valence-electron chi connectivity index (χ2n) is 9.08. The minimum absolute atomic E-state index is 0.0405.